The van der Waals surface area contributed by atoms with Gasteiger partial charge in [-0.05, 0) is 61.5 Å². The summed E-state index contributed by atoms with van der Waals surface area (Å²) < 4.78 is 11.6. The predicted molar refractivity (Wildman–Crippen MR) is 103 cm³/mol. The number of benzene rings is 2. The van der Waals surface area contributed by atoms with E-state index < -0.39 is 0 Å². The molecule has 0 saturated carbocycles. The topological polar surface area (TPSA) is 50.8 Å². The quantitative estimate of drug-likeness (QED) is 0.758. The van der Waals surface area contributed by atoms with Crippen molar-refractivity contribution in [1.29, 1.82) is 0 Å². The van der Waals surface area contributed by atoms with Crippen molar-refractivity contribution in [3.05, 3.63) is 52.0 Å². The summed E-state index contributed by atoms with van der Waals surface area (Å²) in [5, 5.41) is 2.90. The van der Waals surface area contributed by atoms with E-state index in [9.17, 15) is 4.79 Å². The number of carbonyl (C=O) groups is 1. The Balaban J connectivity index is 1.98. The summed E-state index contributed by atoms with van der Waals surface area (Å²) in [5.41, 5.74) is 2.97. The summed E-state index contributed by atoms with van der Waals surface area (Å²) in [6.45, 7) is 2.96. The number of ether oxygens (including phenoxy) is 2. The van der Waals surface area contributed by atoms with Crippen LogP contribution in [0.1, 0.15) is 11.1 Å². The number of carbonyl (C=O) groups excluding carboxylic acids is 1. The number of hydrogen-bond donors (Lipinski definition) is 1. The molecule has 25 heavy (non-hydrogen) atoms. The maximum atomic E-state index is 12.2. The van der Waals surface area contributed by atoms with Crippen molar-refractivity contribution >= 4 is 27.5 Å². The van der Waals surface area contributed by atoms with Gasteiger partial charge in [-0.1, -0.05) is 15.9 Å². The Kier molecular flexibility index (Phi) is 6.84. The number of amides is 1. The second-order valence-electron chi connectivity index (χ2n) is 5.86. The molecule has 0 aliphatic heterocycles. The predicted octanol–water partition coefficient (Wildman–Crippen LogP) is 3.85. The second-order valence-corrected chi connectivity index (χ2v) is 6.78. The van der Waals surface area contributed by atoms with E-state index in [2.05, 4.69) is 21.2 Å². The first-order valence-electron chi connectivity index (χ1n) is 7.88. The molecule has 1 amide bonds. The number of anilines is 1. The van der Waals surface area contributed by atoms with Gasteiger partial charge in [0, 0.05) is 16.7 Å². The lowest BCUT2D eigenvalue weighted by molar-refractivity contribution is -0.117. The van der Waals surface area contributed by atoms with Crippen molar-refractivity contribution in [3.8, 4) is 11.5 Å². The third kappa shape index (κ3) is 5.47. The lowest BCUT2D eigenvalue weighted by Gasteiger charge is -2.19. The largest absolute Gasteiger partial charge is 0.493 e. The molecule has 0 fully saturated rings. The minimum atomic E-state index is -0.0528. The van der Waals surface area contributed by atoms with E-state index in [1.807, 2.05) is 55.3 Å². The molecule has 5 nitrogen and oxygen atoms in total. The Morgan fingerprint density at radius 2 is 1.72 bits per heavy atom. The molecule has 0 heterocycles. The van der Waals surface area contributed by atoms with Crippen molar-refractivity contribution in [2.24, 2.45) is 0 Å². The van der Waals surface area contributed by atoms with Gasteiger partial charge in [-0.3, -0.25) is 9.69 Å². The fraction of sp³-hybridized carbons (Fsp3) is 0.316. The standard InChI is InChI=1S/C19H23BrN2O3/c1-13-9-17(24-3)18(25-4)10-14(13)11-22(2)12-19(23)21-16-7-5-15(20)6-8-16/h5-10H,11-12H2,1-4H3,(H,21,23). The number of methoxy groups -OCH3 is 2. The highest BCUT2D eigenvalue weighted by molar-refractivity contribution is 9.10. The van der Waals surface area contributed by atoms with E-state index in [-0.39, 0.29) is 5.91 Å². The lowest BCUT2D eigenvalue weighted by Crippen LogP contribution is -2.30. The average molecular weight is 407 g/mol. The first-order valence-corrected chi connectivity index (χ1v) is 8.67. The summed E-state index contributed by atoms with van der Waals surface area (Å²) in [6, 6.07) is 11.4. The Bertz CT molecular complexity index is 732. The maximum Gasteiger partial charge on any atom is 0.238 e. The third-order valence-electron chi connectivity index (χ3n) is 3.82. The van der Waals surface area contributed by atoms with Crippen LogP contribution in [0.25, 0.3) is 0 Å². The Morgan fingerprint density at radius 1 is 1.12 bits per heavy atom. The highest BCUT2D eigenvalue weighted by Gasteiger charge is 2.12. The van der Waals surface area contributed by atoms with Gasteiger partial charge in [-0.25, -0.2) is 0 Å². The first-order chi connectivity index (χ1) is 11.9. The monoisotopic (exact) mass is 406 g/mol. The summed E-state index contributed by atoms with van der Waals surface area (Å²) >= 11 is 3.38. The molecule has 0 aromatic heterocycles. The first kappa shape index (κ1) is 19.3. The van der Waals surface area contributed by atoms with Gasteiger partial charge < -0.3 is 14.8 Å². The van der Waals surface area contributed by atoms with E-state index in [4.69, 9.17) is 9.47 Å². The van der Waals surface area contributed by atoms with Crippen LogP contribution in [0, 0.1) is 6.92 Å². The highest BCUT2D eigenvalue weighted by atomic mass is 79.9. The molecule has 1 N–H and O–H groups in total. The number of hydrogen-bond acceptors (Lipinski definition) is 4. The van der Waals surface area contributed by atoms with Gasteiger partial charge in [0.1, 0.15) is 0 Å². The fourth-order valence-corrected chi connectivity index (χ4v) is 2.78. The number of aryl methyl sites for hydroxylation is 1. The zero-order valence-corrected chi connectivity index (χ0v) is 16.5. The Hall–Kier alpha value is -2.05. The number of rotatable bonds is 7. The molecule has 0 aliphatic rings. The van der Waals surface area contributed by atoms with Gasteiger partial charge in [0.25, 0.3) is 0 Å². The molecular weight excluding hydrogens is 384 g/mol. The van der Waals surface area contributed by atoms with Crippen LogP contribution in [-0.2, 0) is 11.3 Å². The molecule has 0 saturated heterocycles. The number of likely N-dealkylation sites (N-methyl/N-ethyl adjacent to an activating group) is 1. The van der Waals surface area contributed by atoms with Crippen molar-refractivity contribution in [2.45, 2.75) is 13.5 Å². The van der Waals surface area contributed by atoms with Gasteiger partial charge >= 0.3 is 0 Å². The SMILES string of the molecule is COc1cc(C)c(CN(C)CC(=O)Nc2ccc(Br)cc2)cc1OC. The molecule has 2 aromatic rings. The van der Waals surface area contributed by atoms with E-state index in [0.29, 0.717) is 24.6 Å². The molecular formula is C19H23BrN2O3. The Morgan fingerprint density at radius 3 is 2.32 bits per heavy atom. The van der Waals surface area contributed by atoms with Crippen LogP contribution in [0.2, 0.25) is 0 Å². The minimum absolute atomic E-state index is 0.0528. The molecule has 6 heteroatoms. The fourth-order valence-electron chi connectivity index (χ4n) is 2.52. The third-order valence-corrected chi connectivity index (χ3v) is 4.35. The summed E-state index contributed by atoms with van der Waals surface area (Å²) in [4.78, 5) is 14.2. The molecule has 0 atom stereocenters. The zero-order chi connectivity index (χ0) is 18.4. The maximum absolute atomic E-state index is 12.2. The van der Waals surface area contributed by atoms with Crippen LogP contribution in [-0.4, -0.2) is 38.6 Å². The van der Waals surface area contributed by atoms with Gasteiger partial charge in [-0.15, -0.1) is 0 Å². The molecule has 0 aliphatic carbocycles. The van der Waals surface area contributed by atoms with Crippen LogP contribution >= 0.6 is 15.9 Å². The van der Waals surface area contributed by atoms with Gasteiger partial charge in [0.05, 0.1) is 20.8 Å². The van der Waals surface area contributed by atoms with Crippen molar-refractivity contribution in [1.82, 2.24) is 4.90 Å². The van der Waals surface area contributed by atoms with Crippen molar-refractivity contribution < 1.29 is 14.3 Å². The van der Waals surface area contributed by atoms with Crippen LogP contribution < -0.4 is 14.8 Å². The second kappa shape index (κ2) is 8.87. The van der Waals surface area contributed by atoms with E-state index >= 15 is 0 Å². The summed E-state index contributed by atoms with van der Waals surface area (Å²) in [6.07, 6.45) is 0. The molecule has 2 rings (SSSR count). The van der Waals surface area contributed by atoms with E-state index in [1.54, 1.807) is 14.2 Å². The van der Waals surface area contributed by atoms with Crippen LogP contribution in [0.3, 0.4) is 0 Å². The molecule has 134 valence electrons. The van der Waals surface area contributed by atoms with Gasteiger partial charge in [0.15, 0.2) is 11.5 Å². The number of nitrogens with zero attached hydrogens (tertiary/aromatic N) is 1. The Labute approximate surface area is 157 Å². The normalized spacial score (nSPS) is 10.6. The zero-order valence-electron chi connectivity index (χ0n) is 14.9. The average Bonchev–Trinajstić information content (AvgIpc) is 2.58. The molecule has 0 radical (unpaired) electrons. The summed E-state index contributed by atoms with van der Waals surface area (Å²) in [7, 11) is 5.15. The van der Waals surface area contributed by atoms with Crippen LogP contribution in [0.15, 0.2) is 40.9 Å². The van der Waals surface area contributed by atoms with E-state index in [1.165, 1.54) is 0 Å². The molecule has 0 unspecified atom stereocenters. The minimum Gasteiger partial charge on any atom is -0.493 e. The van der Waals surface area contributed by atoms with Gasteiger partial charge in [0.2, 0.25) is 5.91 Å². The highest BCUT2D eigenvalue weighted by Crippen LogP contribution is 2.30. The van der Waals surface area contributed by atoms with Crippen LogP contribution in [0.5, 0.6) is 11.5 Å². The molecule has 0 bridgehead atoms. The number of nitrogens with one attached hydrogen (secondary N) is 1. The van der Waals surface area contributed by atoms with Crippen molar-refractivity contribution in [2.75, 3.05) is 33.1 Å². The van der Waals surface area contributed by atoms with Crippen LogP contribution in [0.4, 0.5) is 5.69 Å². The van der Waals surface area contributed by atoms with Crippen molar-refractivity contribution in [3.63, 3.8) is 0 Å². The van der Waals surface area contributed by atoms with Gasteiger partial charge in [-0.2, -0.15) is 0 Å². The smallest absolute Gasteiger partial charge is 0.238 e. The van der Waals surface area contributed by atoms with E-state index in [0.717, 1.165) is 21.3 Å². The molecule has 0 spiro atoms. The number of halogens is 1. The lowest BCUT2D eigenvalue weighted by atomic mass is 10.1. The molecule has 2 aromatic carbocycles. The summed E-state index contributed by atoms with van der Waals surface area (Å²) in [5.74, 6) is 1.35.